The first-order valence-corrected chi connectivity index (χ1v) is 10.8. The van der Waals surface area contributed by atoms with Crippen LogP contribution in [-0.2, 0) is 10.0 Å². The molecule has 30 heavy (non-hydrogen) atoms. The van der Waals surface area contributed by atoms with Crippen molar-refractivity contribution in [3.8, 4) is 22.3 Å². The summed E-state index contributed by atoms with van der Waals surface area (Å²) in [6, 6.07) is 13.0. The summed E-state index contributed by atoms with van der Waals surface area (Å²) in [7, 11) is -3.78. The Hall–Kier alpha value is -3.10. The van der Waals surface area contributed by atoms with Gasteiger partial charge in [0.1, 0.15) is 11.3 Å². The van der Waals surface area contributed by atoms with Gasteiger partial charge in [-0.05, 0) is 44.5 Å². The predicted molar refractivity (Wildman–Crippen MR) is 115 cm³/mol. The van der Waals surface area contributed by atoms with Crippen LogP contribution >= 0.6 is 0 Å². The highest BCUT2D eigenvalue weighted by Gasteiger charge is 2.25. The van der Waals surface area contributed by atoms with Gasteiger partial charge in [0.2, 0.25) is 10.0 Å². The van der Waals surface area contributed by atoms with Gasteiger partial charge in [-0.1, -0.05) is 30.3 Å². The number of imidazole rings is 1. The molecular weight excluding hydrogens is 403 g/mol. The lowest BCUT2D eigenvalue weighted by molar-refractivity contribution is 0.491. The van der Waals surface area contributed by atoms with Gasteiger partial charge in [-0.3, -0.25) is 0 Å². The third kappa shape index (κ3) is 3.96. The Bertz CT molecular complexity index is 1340. The van der Waals surface area contributed by atoms with E-state index in [1.807, 2.05) is 0 Å². The maximum Gasteiger partial charge on any atom is 0.241 e. The van der Waals surface area contributed by atoms with E-state index in [0.29, 0.717) is 33.4 Å². The van der Waals surface area contributed by atoms with E-state index in [1.165, 1.54) is 18.5 Å². The lowest BCUT2D eigenvalue weighted by Gasteiger charge is -2.21. The van der Waals surface area contributed by atoms with E-state index in [1.54, 1.807) is 63.4 Å². The predicted octanol–water partition coefficient (Wildman–Crippen LogP) is 4.51. The van der Waals surface area contributed by atoms with Crippen molar-refractivity contribution in [2.24, 2.45) is 0 Å². The van der Waals surface area contributed by atoms with Gasteiger partial charge in [0, 0.05) is 28.4 Å². The van der Waals surface area contributed by atoms with Crippen LogP contribution in [0.2, 0.25) is 0 Å². The molecule has 0 aliphatic carbocycles. The fraction of sp³-hybridized carbons (Fsp3) is 0.182. The number of pyridine rings is 1. The van der Waals surface area contributed by atoms with Crippen molar-refractivity contribution in [1.29, 1.82) is 0 Å². The number of halogens is 1. The first-order chi connectivity index (χ1) is 14.1. The number of benzene rings is 2. The number of aromatic amines is 1. The number of sulfonamides is 1. The second-order valence-corrected chi connectivity index (χ2v) is 9.69. The van der Waals surface area contributed by atoms with Gasteiger partial charge < -0.3 is 4.98 Å². The molecule has 8 heteroatoms. The van der Waals surface area contributed by atoms with E-state index >= 15 is 4.39 Å². The molecule has 0 saturated carbocycles. The molecule has 0 saturated heterocycles. The van der Waals surface area contributed by atoms with Crippen molar-refractivity contribution in [3.05, 3.63) is 66.9 Å². The molecule has 0 radical (unpaired) electrons. The van der Waals surface area contributed by atoms with Gasteiger partial charge in [-0.15, -0.1) is 0 Å². The van der Waals surface area contributed by atoms with Gasteiger partial charge in [-0.25, -0.2) is 27.5 Å². The Labute approximate surface area is 174 Å². The summed E-state index contributed by atoms with van der Waals surface area (Å²) in [5.74, 6) is -0.472. The molecule has 0 atom stereocenters. The van der Waals surface area contributed by atoms with E-state index < -0.39 is 21.4 Å². The van der Waals surface area contributed by atoms with Crippen LogP contribution in [-0.4, -0.2) is 28.9 Å². The number of fused-ring (bicyclic) bond motifs is 1. The maximum absolute atomic E-state index is 15.0. The summed E-state index contributed by atoms with van der Waals surface area (Å²) in [5.41, 5.74) is 2.49. The fourth-order valence-corrected chi connectivity index (χ4v) is 4.94. The largest absolute Gasteiger partial charge is 0.329 e. The van der Waals surface area contributed by atoms with Crippen LogP contribution in [0.15, 0.2) is 66.0 Å². The highest BCUT2D eigenvalue weighted by Crippen LogP contribution is 2.32. The quantitative estimate of drug-likeness (QED) is 0.505. The van der Waals surface area contributed by atoms with Crippen molar-refractivity contribution in [3.63, 3.8) is 0 Å². The molecule has 154 valence electrons. The molecule has 0 fully saturated rings. The summed E-state index contributed by atoms with van der Waals surface area (Å²) in [5, 5.41) is 0. The minimum absolute atomic E-state index is 0.103. The fourth-order valence-electron chi connectivity index (χ4n) is 3.29. The molecule has 0 bridgehead atoms. The van der Waals surface area contributed by atoms with Crippen molar-refractivity contribution in [2.45, 2.75) is 31.2 Å². The summed E-state index contributed by atoms with van der Waals surface area (Å²) in [6.07, 6.45) is 3.11. The zero-order chi connectivity index (χ0) is 21.5. The minimum Gasteiger partial charge on any atom is -0.329 e. The van der Waals surface area contributed by atoms with Crippen molar-refractivity contribution in [2.75, 3.05) is 0 Å². The third-order valence-electron chi connectivity index (χ3n) is 4.48. The standard InChI is InChI=1S/C22H21FN4O2S/c1-22(2,3)27-30(28,29)20-7-5-4-6-17(20)14-8-9-16(18(23)10-14)15-11-19-21(24-12-15)26-13-25-19/h4-13,27H,1-3H3,(H,24,25,26). The third-order valence-corrected chi connectivity index (χ3v) is 6.30. The molecule has 2 heterocycles. The van der Waals surface area contributed by atoms with E-state index in [-0.39, 0.29) is 4.90 Å². The molecule has 0 aliphatic rings. The van der Waals surface area contributed by atoms with Crippen molar-refractivity contribution < 1.29 is 12.8 Å². The Kier molecular flexibility index (Phi) is 4.91. The van der Waals surface area contributed by atoms with Crippen LogP contribution in [0.1, 0.15) is 20.8 Å². The molecule has 0 amide bonds. The zero-order valence-corrected chi connectivity index (χ0v) is 17.6. The van der Waals surface area contributed by atoms with Crippen LogP contribution in [0.25, 0.3) is 33.4 Å². The Morgan fingerprint density at radius 1 is 0.967 bits per heavy atom. The van der Waals surface area contributed by atoms with Crippen LogP contribution in [0, 0.1) is 5.82 Å². The lowest BCUT2D eigenvalue weighted by Crippen LogP contribution is -2.40. The molecule has 2 aromatic heterocycles. The van der Waals surface area contributed by atoms with Crippen LogP contribution in [0.4, 0.5) is 4.39 Å². The summed E-state index contributed by atoms with van der Waals surface area (Å²) in [6.45, 7) is 5.31. The second-order valence-electron chi connectivity index (χ2n) is 8.04. The minimum atomic E-state index is -3.78. The average Bonchev–Trinajstić information content (AvgIpc) is 3.14. The van der Waals surface area contributed by atoms with Gasteiger partial charge >= 0.3 is 0 Å². The Morgan fingerprint density at radius 3 is 2.47 bits per heavy atom. The number of nitrogens with zero attached hydrogens (tertiary/aromatic N) is 2. The Morgan fingerprint density at radius 2 is 1.73 bits per heavy atom. The normalized spacial score (nSPS) is 12.4. The first kappa shape index (κ1) is 20.2. The SMILES string of the molecule is CC(C)(C)NS(=O)(=O)c1ccccc1-c1ccc(-c2cnc3[nH]cnc3c2)c(F)c1. The van der Waals surface area contributed by atoms with Crippen molar-refractivity contribution in [1.82, 2.24) is 19.7 Å². The second kappa shape index (κ2) is 7.30. The lowest BCUT2D eigenvalue weighted by atomic mass is 10.0. The molecule has 0 unspecified atom stereocenters. The molecule has 6 nitrogen and oxygen atoms in total. The topological polar surface area (TPSA) is 87.7 Å². The van der Waals surface area contributed by atoms with Gasteiger partial charge in [0.25, 0.3) is 0 Å². The van der Waals surface area contributed by atoms with Gasteiger partial charge in [0.05, 0.1) is 11.2 Å². The van der Waals surface area contributed by atoms with E-state index in [9.17, 15) is 8.42 Å². The maximum atomic E-state index is 15.0. The molecule has 2 aromatic carbocycles. The smallest absolute Gasteiger partial charge is 0.241 e. The van der Waals surface area contributed by atoms with Gasteiger partial charge in [0.15, 0.2) is 5.65 Å². The molecule has 2 N–H and O–H groups in total. The molecule has 4 aromatic rings. The molecule has 0 aliphatic heterocycles. The van der Waals surface area contributed by atoms with E-state index in [0.717, 1.165) is 0 Å². The first-order valence-electron chi connectivity index (χ1n) is 9.36. The number of hydrogen-bond donors (Lipinski definition) is 2. The number of hydrogen-bond acceptors (Lipinski definition) is 4. The molecule has 4 rings (SSSR count). The highest BCUT2D eigenvalue weighted by atomic mass is 32.2. The summed E-state index contributed by atoms with van der Waals surface area (Å²) >= 11 is 0. The zero-order valence-electron chi connectivity index (χ0n) is 16.8. The summed E-state index contributed by atoms with van der Waals surface area (Å²) in [4.78, 5) is 11.4. The number of aromatic nitrogens is 3. The van der Waals surface area contributed by atoms with Crippen molar-refractivity contribution >= 4 is 21.2 Å². The molecular formula is C22H21FN4O2S. The van der Waals surface area contributed by atoms with E-state index in [4.69, 9.17) is 0 Å². The van der Waals surface area contributed by atoms with Crippen LogP contribution < -0.4 is 4.72 Å². The monoisotopic (exact) mass is 424 g/mol. The van der Waals surface area contributed by atoms with Crippen LogP contribution in [0.5, 0.6) is 0 Å². The number of H-pyrrole nitrogens is 1. The average molecular weight is 425 g/mol. The van der Waals surface area contributed by atoms with E-state index in [2.05, 4.69) is 19.7 Å². The summed E-state index contributed by atoms with van der Waals surface area (Å²) < 4.78 is 43.5. The van der Waals surface area contributed by atoms with Gasteiger partial charge in [-0.2, -0.15) is 0 Å². The highest BCUT2D eigenvalue weighted by molar-refractivity contribution is 7.89. The molecule has 0 spiro atoms. The van der Waals surface area contributed by atoms with Crippen LogP contribution in [0.3, 0.4) is 0 Å². The number of nitrogens with one attached hydrogen (secondary N) is 2. The Balaban J connectivity index is 1.77. The number of rotatable bonds is 4.